The second-order valence-electron chi connectivity index (χ2n) is 10.7. The zero-order chi connectivity index (χ0) is 31.7. The van der Waals surface area contributed by atoms with Crippen LogP contribution in [0, 0.1) is 5.92 Å². The van der Waals surface area contributed by atoms with Crippen LogP contribution in [0.3, 0.4) is 0 Å². The summed E-state index contributed by atoms with van der Waals surface area (Å²) in [6, 6.07) is 8.74. The average molecular weight is 595 g/mol. The Balaban J connectivity index is 1.70. The number of aromatic amines is 1. The van der Waals surface area contributed by atoms with Crippen LogP contribution in [-0.4, -0.2) is 69.0 Å². The quantitative estimate of drug-likeness (QED) is 0.123. The summed E-state index contributed by atoms with van der Waals surface area (Å²) < 4.78 is 0. The van der Waals surface area contributed by atoms with Crippen LogP contribution in [0.15, 0.2) is 54.7 Å². The highest BCUT2D eigenvalue weighted by atomic mass is 16.4. The molecular formula is C30H38N6O7. The number of rotatable bonds is 15. The molecule has 0 radical (unpaired) electrons. The smallest absolute Gasteiger partial charge is 0.326 e. The summed E-state index contributed by atoms with van der Waals surface area (Å²) in [4.78, 5) is 66.1. The van der Waals surface area contributed by atoms with E-state index in [1.807, 2.05) is 24.3 Å². The molecule has 0 saturated heterocycles. The number of nitrogens with one attached hydrogen (secondary N) is 4. The number of hydrogen-bond acceptors (Lipinski definition) is 7. The van der Waals surface area contributed by atoms with E-state index in [2.05, 4.69) is 20.9 Å². The number of primary amides is 1. The molecule has 3 aromatic rings. The van der Waals surface area contributed by atoms with Gasteiger partial charge in [0.25, 0.3) is 0 Å². The third kappa shape index (κ3) is 9.30. The number of amides is 4. The second kappa shape index (κ2) is 14.8. The highest BCUT2D eigenvalue weighted by Crippen LogP contribution is 2.19. The van der Waals surface area contributed by atoms with Crippen molar-refractivity contribution in [1.82, 2.24) is 20.9 Å². The van der Waals surface area contributed by atoms with Gasteiger partial charge in [-0.15, -0.1) is 0 Å². The lowest BCUT2D eigenvalue weighted by Crippen LogP contribution is -2.58. The van der Waals surface area contributed by atoms with Crippen LogP contribution in [0.25, 0.3) is 10.9 Å². The SMILES string of the molecule is CC(C)C(NC(=O)C(CCC(N)=O)NC(=O)C(N)Cc1ccc(O)cc1)C(=O)NC(Cc1c[nH]c2ccccc12)C(=O)O. The number of phenolic OH excluding ortho intramolecular Hbond substituents is 1. The van der Waals surface area contributed by atoms with Crippen molar-refractivity contribution in [3.63, 3.8) is 0 Å². The van der Waals surface area contributed by atoms with Crippen LogP contribution in [-0.2, 0) is 36.8 Å². The Morgan fingerprint density at radius 3 is 2.14 bits per heavy atom. The standard InChI is InChI=1S/C30H38N6O7/c1-16(2)26(29(41)35-24(30(42)43)14-18-15-33-22-6-4-3-5-20(18)22)36-28(40)23(11-12-25(32)38)34-27(39)21(31)13-17-7-9-19(37)10-8-17/h3-10,15-16,21,23-24,26,33,37H,11-14,31H2,1-2H3,(H2,32,38)(H,34,39)(H,35,41)(H,36,40)(H,42,43). The molecule has 1 heterocycles. The number of aromatic nitrogens is 1. The Kier molecular flexibility index (Phi) is 11.2. The fourth-order valence-corrected chi connectivity index (χ4v) is 4.58. The Labute approximate surface area is 248 Å². The molecule has 3 rings (SSSR count). The van der Waals surface area contributed by atoms with Gasteiger partial charge < -0.3 is 42.6 Å². The zero-order valence-electron chi connectivity index (χ0n) is 24.0. The zero-order valence-corrected chi connectivity index (χ0v) is 24.0. The summed E-state index contributed by atoms with van der Waals surface area (Å²) in [5.41, 5.74) is 13.5. The molecule has 4 unspecified atom stereocenters. The molecular weight excluding hydrogens is 556 g/mol. The van der Waals surface area contributed by atoms with Gasteiger partial charge >= 0.3 is 5.97 Å². The topological polar surface area (TPSA) is 230 Å². The van der Waals surface area contributed by atoms with Gasteiger partial charge in [-0.3, -0.25) is 19.2 Å². The van der Waals surface area contributed by atoms with Crippen LogP contribution in [0.2, 0.25) is 0 Å². The summed E-state index contributed by atoms with van der Waals surface area (Å²) in [7, 11) is 0. The van der Waals surface area contributed by atoms with Gasteiger partial charge in [0.2, 0.25) is 23.6 Å². The number of aromatic hydroxyl groups is 1. The number of carbonyl (C=O) groups excluding carboxylic acids is 4. The van der Waals surface area contributed by atoms with Crippen LogP contribution >= 0.6 is 0 Å². The van der Waals surface area contributed by atoms with Crippen molar-refractivity contribution in [2.75, 3.05) is 0 Å². The number of benzene rings is 2. The molecule has 0 saturated carbocycles. The minimum Gasteiger partial charge on any atom is -0.508 e. The minimum absolute atomic E-state index is 0.0000615. The van der Waals surface area contributed by atoms with Crippen molar-refractivity contribution in [3.8, 4) is 5.75 Å². The molecule has 43 heavy (non-hydrogen) atoms. The second-order valence-corrected chi connectivity index (χ2v) is 10.7. The number of fused-ring (bicyclic) bond motifs is 1. The van der Waals surface area contributed by atoms with Crippen LogP contribution < -0.4 is 27.4 Å². The number of hydrogen-bond donors (Lipinski definition) is 8. The molecule has 1 aromatic heterocycles. The van der Waals surface area contributed by atoms with Crippen molar-refractivity contribution in [2.45, 2.75) is 63.7 Å². The van der Waals surface area contributed by atoms with E-state index in [4.69, 9.17) is 11.5 Å². The summed E-state index contributed by atoms with van der Waals surface area (Å²) >= 11 is 0. The Hall–Kier alpha value is -4.91. The van der Waals surface area contributed by atoms with E-state index >= 15 is 0 Å². The molecule has 0 aliphatic rings. The van der Waals surface area contributed by atoms with E-state index in [0.717, 1.165) is 10.9 Å². The van der Waals surface area contributed by atoms with Gasteiger partial charge in [-0.05, 0) is 48.1 Å². The lowest BCUT2D eigenvalue weighted by Gasteiger charge is -2.27. The number of phenols is 1. The molecule has 4 atom stereocenters. The van der Waals surface area contributed by atoms with Gasteiger partial charge in [-0.1, -0.05) is 44.2 Å². The van der Waals surface area contributed by atoms with Gasteiger partial charge in [0.1, 0.15) is 23.9 Å². The molecule has 230 valence electrons. The van der Waals surface area contributed by atoms with Gasteiger partial charge in [0, 0.05) is 29.9 Å². The number of carboxylic acid groups (broad SMARTS) is 1. The molecule has 13 nitrogen and oxygen atoms in total. The monoisotopic (exact) mass is 594 g/mol. The first kappa shape index (κ1) is 32.6. The molecule has 0 aliphatic carbocycles. The summed E-state index contributed by atoms with van der Waals surface area (Å²) in [6.45, 7) is 3.34. The van der Waals surface area contributed by atoms with Gasteiger partial charge in [0.15, 0.2) is 0 Å². The molecule has 0 bridgehead atoms. The molecule has 0 aliphatic heterocycles. The molecule has 10 N–H and O–H groups in total. The maximum atomic E-state index is 13.3. The predicted octanol–water partition coefficient (Wildman–Crippen LogP) is 0.447. The highest BCUT2D eigenvalue weighted by molar-refractivity contribution is 5.95. The first-order chi connectivity index (χ1) is 20.3. The first-order valence-electron chi connectivity index (χ1n) is 13.9. The van der Waals surface area contributed by atoms with Crippen LogP contribution in [0.4, 0.5) is 0 Å². The first-order valence-corrected chi connectivity index (χ1v) is 13.9. The van der Waals surface area contributed by atoms with E-state index in [9.17, 15) is 34.2 Å². The fraction of sp³-hybridized carbons (Fsp3) is 0.367. The normalized spacial score (nSPS) is 14.0. The molecule has 2 aromatic carbocycles. The Bertz CT molecular complexity index is 1450. The summed E-state index contributed by atoms with van der Waals surface area (Å²) in [6.07, 6.45) is 1.42. The number of aliphatic carboxylic acids is 1. The molecule has 13 heteroatoms. The van der Waals surface area contributed by atoms with E-state index in [0.29, 0.717) is 11.1 Å². The Morgan fingerprint density at radius 1 is 0.860 bits per heavy atom. The van der Waals surface area contributed by atoms with Crippen molar-refractivity contribution >= 4 is 40.5 Å². The van der Waals surface area contributed by atoms with E-state index in [1.54, 1.807) is 32.2 Å². The number of H-pyrrole nitrogens is 1. The predicted molar refractivity (Wildman–Crippen MR) is 158 cm³/mol. The lowest BCUT2D eigenvalue weighted by molar-refractivity contribution is -0.142. The van der Waals surface area contributed by atoms with Crippen molar-refractivity contribution < 1.29 is 34.2 Å². The van der Waals surface area contributed by atoms with Crippen LogP contribution in [0.1, 0.15) is 37.8 Å². The van der Waals surface area contributed by atoms with E-state index in [-0.39, 0.29) is 31.4 Å². The number of carboxylic acids is 1. The van der Waals surface area contributed by atoms with Crippen molar-refractivity contribution in [1.29, 1.82) is 0 Å². The van der Waals surface area contributed by atoms with Crippen molar-refractivity contribution in [3.05, 3.63) is 65.9 Å². The summed E-state index contributed by atoms with van der Waals surface area (Å²) in [5, 5.41) is 27.8. The third-order valence-electron chi connectivity index (χ3n) is 7.00. The molecule has 4 amide bonds. The lowest BCUT2D eigenvalue weighted by atomic mass is 10.00. The molecule has 0 fully saturated rings. The van der Waals surface area contributed by atoms with E-state index in [1.165, 1.54) is 12.1 Å². The maximum absolute atomic E-state index is 13.3. The summed E-state index contributed by atoms with van der Waals surface area (Å²) in [5.74, 6) is -4.50. The van der Waals surface area contributed by atoms with Gasteiger partial charge in [-0.25, -0.2) is 4.79 Å². The Morgan fingerprint density at radius 2 is 1.51 bits per heavy atom. The van der Waals surface area contributed by atoms with Crippen molar-refractivity contribution in [2.24, 2.45) is 17.4 Å². The third-order valence-corrected chi connectivity index (χ3v) is 7.00. The number of nitrogens with two attached hydrogens (primary N) is 2. The van der Waals surface area contributed by atoms with E-state index < -0.39 is 59.7 Å². The minimum atomic E-state index is -1.28. The average Bonchev–Trinajstić information content (AvgIpc) is 3.36. The molecule has 0 spiro atoms. The maximum Gasteiger partial charge on any atom is 0.326 e. The number of para-hydroxylation sites is 1. The number of carbonyl (C=O) groups is 5. The highest BCUT2D eigenvalue weighted by Gasteiger charge is 2.32. The van der Waals surface area contributed by atoms with Crippen LogP contribution in [0.5, 0.6) is 5.75 Å². The largest absolute Gasteiger partial charge is 0.508 e. The van der Waals surface area contributed by atoms with Gasteiger partial charge in [-0.2, -0.15) is 0 Å². The fourth-order valence-electron chi connectivity index (χ4n) is 4.58. The van der Waals surface area contributed by atoms with Gasteiger partial charge in [0.05, 0.1) is 6.04 Å².